The number of hydrogen-bond donors (Lipinski definition) is 1. The zero-order chi connectivity index (χ0) is 18.0. The largest absolute Gasteiger partial charge is 0.276 e. The van der Waals surface area contributed by atoms with Crippen molar-refractivity contribution in [2.75, 3.05) is 4.72 Å². The van der Waals surface area contributed by atoms with E-state index >= 15 is 0 Å². The molecule has 0 fully saturated rings. The lowest BCUT2D eigenvalue weighted by Gasteiger charge is -2.07. The van der Waals surface area contributed by atoms with Crippen molar-refractivity contribution in [3.63, 3.8) is 0 Å². The Morgan fingerprint density at radius 2 is 1.68 bits per heavy atom. The Morgan fingerprint density at radius 1 is 1.00 bits per heavy atom. The first-order chi connectivity index (χ1) is 11.8. The molecule has 0 unspecified atom stereocenters. The van der Waals surface area contributed by atoms with Gasteiger partial charge in [-0.25, -0.2) is 21.6 Å². The van der Waals surface area contributed by atoms with Crippen molar-refractivity contribution in [3.05, 3.63) is 77.9 Å². The molecule has 3 aromatic rings. The summed E-state index contributed by atoms with van der Waals surface area (Å²) in [5.41, 5.74) is 0.848. The molecule has 1 N–H and O–H groups in total. The van der Waals surface area contributed by atoms with Crippen molar-refractivity contribution in [2.45, 2.75) is 11.4 Å². The Morgan fingerprint density at radius 3 is 2.40 bits per heavy atom. The number of halogens is 3. The molecule has 2 aromatic carbocycles. The summed E-state index contributed by atoms with van der Waals surface area (Å²) in [7, 11) is -4.30. The highest BCUT2D eigenvalue weighted by Gasteiger charge is 2.20. The lowest BCUT2D eigenvalue weighted by atomic mass is 10.2. The van der Waals surface area contributed by atoms with Crippen LogP contribution in [0.4, 0.5) is 18.9 Å². The molecule has 9 heteroatoms. The van der Waals surface area contributed by atoms with Gasteiger partial charge >= 0.3 is 0 Å². The molecule has 0 bridgehead atoms. The van der Waals surface area contributed by atoms with Gasteiger partial charge in [0.25, 0.3) is 10.0 Å². The van der Waals surface area contributed by atoms with Crippen LogP contribution in [0.25, 0.3) is 0 Å². The second-order valence-corrected chi connectivity index (χ2v) is 6.88. The van der Waals surface area contributed by atoms with E-state index < -0.39 is 26.6 Å². The van der Waals surface area contributed by atoms with E-state index in [0.29, 0.717) is 6.07 Å². The Hall–Kier alpha value is -2.81. The number of anilines is 1. The van der Waals surface area contributed by atoms with Gasteiger partial charge < -0.3 is 0 Å². The van der Waals surface area contributed by atoms with Gasteiger partial charge in [-0.3, -0.25) is 9.40 Å². The highest BCUT2D eigenvalue weighted by molar-refractivity contribution is 7.92. The quantitative estimate of drug-likeness (QED) is 0.754. The van der Waals surface area contributed by atoms with Crippen molar-refractivity contribution < 1.29 is 21.6 Å². The molecule has 1 aromatic heterocycles. The summed E-state index contributed by atoms with van der Waals surface area (Å²) >= 11 is 0. The predicted molar refractivity (Wildman–Crippen MR) is 84.9 cm³/mol. The van der Waals surface area contributed by atoms with E-state index in [9.17, 15) is 21.6 Å². The van der Waals surface area contributed by atoms with Crippen LogP contribution in [0.2, 0.25) is 0 Å². The van der Waals surface area contributed by atoms with Crippen LogP contribution in [0, 0.1) is 17.5 Å². The molecule has 0 spiro atoms. The van der Waals surface area contributed by atoms with Gasteiger partial charge in [-0.2, -0.15) is 5.10 Å². The molecule has 1 heterocycles. The molecular weight excluding hydrogens is 355 g/mol. The minimum absolute atomic E-state index is 0.0887. The van der Waals surface area contributed by atoms with E-state index in [0.717, 1.165) is 17.7 Å². The van der Waals surface area contributed by atoms with Gasteiger partial charge in [0, 0.05) is 6.20 Å². The molecule has 0 saturated heterocycles. The van der Waals surface area contributed by atoms with Gasteiger partial charge in [-0.05, 0) is 35.9 Å². The molecule has 3 rings (SSSR count). The van der Waals surface area contributed by atoms with Crippen LogP contribution >= 0.6 is 0 Å². The summed E-state index contributed by atoms with van der Waals surface area (Å²) in [5, 5.41) is 3.98. The molecule has 0 amide bonds. The first kappa shape index (κ1) is 17.0. The lowest BCUT2D eigenvalue weighted by molar-refractivity contribution is 0.555. The Balaban J connectivity index is 1.78. The topological polar surface area (TPSA) is 64.0 Å². The predicted octanol–water partition coefficient (Wildman–Crippen LogP) is 3.15. The number of rotatable bonds is 5. The number of benzene rings is 2. The maximum Gasteiger partial charge on any atom is 0.265 e. The van der Waals surface area contributed by atoms with Gasteiger partial charge in [0.05, 0.1) is 18.4 Å². The van der Waals surface area contributed by atoms with Gasteiger partial charge in [0.2, 0.25) is 0 Å². The third-order valence-corrected chi connectivity index (χ3v) is 4.72. The van der Waals surface area contributed by atoms with Gasteiger partial charge in [0.15, 0.2) is 0 Å². The van der Waals surface area contributed by atoms with E-state index in [4.69, 9.17) is 0 Å². The Labute approximate surface area is 141 Å². The molecule has 0 aliphatic rings. The Kier molecular flexibility index (Phi) is 4.49. The molecule has 0 atom stereocenters. The van der Waals surface area contributed by atoms with Crippen LogP contribution in [-0.2, 0) is 16.6 Å². The number of nitrogens with one attached hydrogen (secondary N) is 1. The maximum atomic E-state index is 13.7. The van der Waals surface area contributed by atoms with E-state index in [2.05, 4.69) is 9.82 Å². The van der Waals surface area contributed by atoms with Crippen molar-refractivity contribution in [2.24, 2.45) is 0 Å². The summed E-state index contributed by atoms with van der Waals surface area (Å²) in [5.74, 6) is -2.30. The zero-order valence-corrected chi connectivity index (χ0v) is 13.5. The molecule has 25 heavy (non-hydrogen) atoms. The van der Waals surface area contributed by atoms with Crippen LogP contribution < -0.4 is 4.72 Å². The minimum Gasteiger partial charge on any atom is -0.276 e. The van der Waals surface area contributed by atoms with Crippen molar-refractivity contribution >= 4 is 15.7 Å². The highest BCUT2D eigenvalue weighted by atomic mass is 32.2. The summed E-state index contributed by atoms with van der Waals surface area (Å²) in [4.78, 5) is -0.793. The highest BCUT2D eigenvalue weighted by Crippen LogP contribution is 2.19. The lowest BCUT2D eigenvalue weighted by Crippen LogP contribution is -2.14. The maximum absolute atomic E-state index is 13.7. The third kappa shape index (κ3) is 4.00. The molecule has 130 valence electrons. The third-order valence-electron chi connectivity index (χ3n) is 3.33. The van der Waals surface area contributed by atoms with Crippen LogP contribution in [-0.4, -0.2) is 18.2 Å². The molecule has 0 aliphatic carbocycles. The SMILES string of the molecule is O=S(=O)(Nc1cnn(Cc2ccc(F)cc2)c1)c1cc(F)ccc1F. The number of nitrogens with zero attached hydrogens (tertiary/aromatic N) is 2. The minimum atomic E-state index is -4.30. The van der Waals surface area contributed by atoms with Crippen LogP contribution in [0.3, 0.4) is 0 Å². The zero-order valence-electron chi connectivity index (χ0n) is 12.7. The molecule has 0 saturated carbocycles. The standard InChI is InChI=1S/C16H12F3N3O2S/c17-12-3-1-11(2-4-12)9-22-10-14(8-20-22)21-25(23,24)16-7-13(18)5-6-15(16)19/h1-8,10,21H,9H2. The van der Waals surface area contributed by atoms with Crippen LogP contribution in [0.5, 0.6) is 0 Å². The summed E-state index contributed by atoms with van der Waals surface area (Å²) in [6, 6.07) is 7.91. The number of sulfonamides is 1. The fraction of sp³-hybridized carbons (Fsp3) is 0.0625. The molecule has 0 aliphatic heterocycles. The molecule has 5 nitrogen and oxygen atoms in total. The summed E-state index contributed by atoms with van der Waals surface area (Å²) in [6.07, 6.45) is 2.62. The average molecular weight is 367 g/mol. The fourth-order valence-electron chi connectivity index (χ4n) is 2.17. The van der Waals surface area contributed by atoms with E-state index in [-0.39, 0.29) is 18.0 Å². The monoisotopic (exact) mass is 367 g/mol. The van der Waals surface area contributed by atoms with Crippen LogP contribution in [0.15, 0.2) is 59.8 Å². The molecular formula is C16H12F3N3O2S. The number of aromatic nitrogens is 2. The molecule has 0 radical (unpaired) electrons. The average Bonchev–Trinajstić information content (AvgIpc) is 2.98. The van der Waals surface area contributed by atoms with Gasteiger partial charge in [-0.1, -0.05) is 12.1 Å². The second-order valence-electron chi connectivity index (χ2n) is 5.23. The summed E-state index contributed by atoms with van der Waals surface area (Å²) in [6.45, 7) is 0.288. The fourth-order valence-corrected chi connectivity index (χ4v) is 3.29. The number of hydrogen-bond acceptors (Lipinski definition) is 3. The van der Waals surface area contributed by atoms with Gasteiger partial charge in [-0.15, -0.1) is 0 Å². The van der Waals surface area contributed by atoms with E-state index in [1.54, 1.807) is 12.1 Å². The first-order valence-corrected chi connectivity index (χ1v) is 8.56. The smallest absolute Gasteiger partial charge is 0.265 e. The van der Waals surface area contributed by atoms with Crippen LogP contribution in [0.1, 0.15) is 5.56 Å². The normalized spacial score (nSPS) is 11.5. The van der Waals surface area contributed by atoms with Crippen molar-refractivity contribution in [3.8, 4) is 0 Å². The first-order valence-electron chi connectivity index (χ1n) is 7.08. The van der Waals surface area contributed by atoms with E-state index in [1.807, 2.05) is 0 Å². The second kappa shape index (κ2) is 6.60. The van der Waals surface area contributed by atoms with Gasteiger partial charge in [0.1, 0.15) is 22.3 Å². The Bertz CT molecular complexity index is 1000. The van der Waals surface area contributed by atoms with E-state index in [1.165, 1.54) is 29.2 Å². The van der Waals surface area contributed by atoms with Crippen molar-refractivity contribution in [1.82, 2.24) is 9.78 Å². The van der Waals surface area contributed by atoms with Crippen molar-refractivity contribution in [1.29, 1.82) is 0 Å². The summed E-state index contributed by atoms with van der Waals surface area (Å²) < 4.78 is 67.7.